The normalized spacial score (nSPS) is 11.6. The van der Waals surface area contributed by atoms with Gasteiger partial charge in [-0.05, 0) is 43.2 Å². The van der Waals surface area contributed by atoms with E-state index in [0.717, 1.165) is 16.8 Å². The molecule has 0 fully saturated rings. The van der Waals surface area contributed by atoms with Gasteiger partial charge in [0.25, 0.3) is 0 Å². The van der Waals surface area contributed by atoms with Crippen molar-refractivity contribution >= 4 is 17.3 Å². The molecule has 0 amide bonds. The lowest BCUT2D eigenvalue weighted by atomic mass is 9.96. The minimum atomic E-state index is -0.458. The Kier molecular flexibility index (Phi) is 5.95. The molecular formula is C19H23N3O2. The molecule has 5 heteroatoms. The van der Waals surface area contributed by atoms with Crippen molar-refractivity contribution in [3.8, 4) is 11.1 Å². The first-order chi connectivity index (χ1) is 11.6. The van der Waals surface area contributed by atoms with Crippen LogP contribution in [0.3, 0.4) is 0 Å². The fourth-order valence-electron chi connectivity index (χ4n) is 2.53. The third-order valence-electron chi connectivity index (χ3n) is 3.76. The van der Waals surface area contributed by atoms with E-state index in [0.29, 0.717) is 24.4 Å². The molecule has 0 aliphatic rings. The van der Waals surface area contributed by atoms with E-state index in [9.17, 15) is 4.79 Å². The Morgan fingerprint density at radius 2 is 2.21 bits per heavy atom. The largest absolute Gasteiger partial charge is 0.465 e. The number of carbonyl (C=O) groups excluding carboxylic acids is 1. The molecule has 5 nitrogen and oxygen atoms in total. The van der Waals surface area contributed by atoms with Gasteiger partial charge in [0.1, 0.15) is 5.92 Å². The Labute approximate surface area is 142 Å². The van der Waals surface area contributed by atoms with Crippen molar-refractivity contribution < 1.29 is 9.53 Å². The van der Waals surface area contributed by atoms with E-state index in [-0.39, 0.29) is 5.97 Å². The average Bonchev–Trinajstić information content (AvgIpc) is 2.59. The number of nitrogens with zero attached hydrogens (tertiary/aromatic N) is 1. The maximum absolute atomic E-state index is 12.2. The summed E-state index contributed by atoms with van der Waals surface area (Å²) >= 11 is 0. The van der Waals surface area contributed by atoms with Crippen LogP contribution in [0, 0.1) is 0 Å². The Hall–Kier alpha value is -2.82. The molecule has 2 aromatic rings. The van der Waals surface area contributed by atoms with E-state index >= 15 is 0 Å². The lowest BCUT2D eigenvalue weighted by Crippen LogP contribution is -2.16. The lowest BCUT2D eigenvalue weighted by molar-refractivity contribution is -0.145. The number of carbonyl (C=O) groups is 1. The van der Waals surface area contributed by atoms with Gasteiger partial charge in [0, 0.05) is 30.2 Å². The summed E-state index contributed by atoms with van der Waals surface area (Å²) in [7, 11) is 1.85. The number of nitrogens with one attached hydrogen (secondary N) is 1. The number of anilines is 2. The number of hydrogen-bond acceptors (Lipinski definition) is 5. The van der Waals surface area contributed by atoms with E-state index in [2.05, 4.69) is 16.9 Å². The van der Waals surface area contributed by atoms with Crippen LogP contribution < -0.4 is 11.1 Å². The van der Waals surface area contributed by atoms with Gasteiger partial charge in [0.05, 0.1) is 12.3 Å². The second kappa shape index (κ2) is 8.15. The van der Waals surface area contributed by atoms with Crippen LogP contribution >= 0.6 is 0 Å². The summed E-state index contributed by atoms with van der Waals surface area (Å²) in [4.78, 5) is 16.5. The highest BCUT2D eigenvalue weighted by atomic mass is 16.5. The van der Waals surface area contributed by atoms with Gasteiger partial charge in [-0.3, -0.25) is 9.78 Å². The minimum Gasteiger partial charge on any atom is -0.465 e. The third-order valence-corrected chi connectivity index (χ3v) is 3.76. The van der Waals surface area contributed by atoms with E-state index in [1.54, 1.807) is 19.2 Å². The van der Waals surface area contributed by atoms with Gasteiger partial charge in [-0.2, -0.15) is 0 Å². The smallest absolute Gasteiger partial charge is 0.315 e. The Bertz CT molecular complexity index is 728. The number of pyridine rings is 1. The van der Waals surface area contributed by atoms with Crippen molar-refractivity contribution in [3.63, 3.8) is 0 Å². The number of hydrogen-bond donors (Lipinski definition) is 2. The van der Waals surface area contributed by atoms with Crippen molar-refractivity contribution in [2.45, 2.75) is 19.3 Å². The van der Waals surface area contributed by atoms with Gasteiger partial charge in [0.2, 0.25) is 0 Å². The molecular weight excluding hydrogens is 302 g/mol. The predicted octanol–water partition coefficient (Wildman–Crippen LogP) is 3.60. The Balaban J connectivity index is 2.40. The zero-order chi connectivity index (χ0) is 17.5. The summed E-state index contributed by atoms with van der Waals surface area (Å²) in [5.74, 6) is -0.749. The summed E-state index contributed by atoms with van der Waals surface area (Å²) < 4.78 is 5.15. The molecule has 1 atom stereocenters. The standard InChI is InChI=1S/C19H23N3O2/c1-4-6-16(19(23)24-5-2)18-11-13(9-10-22-18)15-8-7-14(21-3)12-17(15)20/h4,7-12,16,21H,1,5-6,20H2,2-3H3. The van der Waals surface area contributed by atoms with Crippen LogP contribution in [0.5, 0.6) is 0 Å². The van der Waals surface area contributed by atoms with E-state index < -0.39 is 5.92 Å². The van der Waals surface area contributed by atoms with E-state index in [1.165, 1.54) is 0 Å². The minimum absolute atomic E-state index is 0.291. The van der Waals surface area contributed by atoms with Gasteiger partial charge in [-0.15, -0.1) is 6.58 Å². The fraction of sp³-hybridized carbons (Fsp3) is 0.263. The molecule has 0 spiro atoms. The molecule has 0 aliphatic carbocycles. The van der Waals surface area contributed by atoms with Crippen LogP contribution in [0.15, 0.2) is 49.2 Å². The quantitative estimate of drug-likeness (QED) is 0.462. The lowest BCUT2D eigenvalue weighted by Gasteiger charge is -2.15. The Morgan fingerprint density at radius 1 is 1.42 bits per heavy atom. The van der Waals surface area contributed by atoms with Gasteiger partial charge in [-0.1, -0.05) is 12.1 Å². The summed E-state index contributed by atoms with van der Waals surface area (Å²) in [5.41, 5.74) is 10.2. The molecule has 0 bridgehead atoms. The van der Waals surface area contributed by atoms with E-state index in [4.69, 9.17) is 10.5 Å². The third kappa shape index (κ3) is 3.93. The average molecular weight is 325 g/mol. The van der Waals surface area contributed by atoms with Crippen LogP contribution in [0.25, 0.3) is 11.1 Å². The number of ether oxygens (including phenoxy) is 1. The number of rotatable bonds is 7. The molecule has 1 unspecified atom stereocenters. The fourth-order valence-corrected chi connectivity index (χ4v) is 2.53. The highest BCUT2D eigenvalue weighted by Gasteiger charge is 2.22. The first-order valence-corrected chi connectivity index (χ1v) is 7.91. The van der Waals surface area contributed by atoms with Gasteiger partial charge in [-0.25, -0.2) is 0 Å². The molecule has 0 saturated carbocycles. The summed E-state index contributed by atoms with van der Waals surface area (Å²) in [6.45, 7) is 5.85. The maximum Gasteiger partial charge on any atom is 0.315 e. The number of nitrogen functional groups attached to an aromatic ring is 1. The van der Waals surface area contributed by atoms with Gasteiger partial charge < -0.3 is 15.8 Å². The number of aromatic nitrogens is 1. The van der Waals surface area contributed by atoms with Crippen molar-refractivity contribution in [2.75, 3.05) is 24.7 Å². The van der Waals surface area contributed by atoms with Crippen LogP contribution in [0.1, 0.15) is 25.0 Å². The molecule has 0 aliphatic heterocycles. The monoisotopic (exact) mass is 325 g/mol. The van der Waals surface area contributed by atoms with Crippen LogP contribution in [-0.4, -0.2) is 24.6 Å². The topological polar surface area (TPSA) is 77.2 Å². The zero-order valence-electron chi connectivity index (χ0n) is 14.1. The predicted molar refractivity (Wildman–Crippen MR) is 97.8 cm³/mol. The Morgan fingerprint density at radius 3 is 2.83 bits per heavy atom. The molecule has 0 radical (unpaired) electrons. The first kappa shape index (κ1) is 17.5. The summed E-state index contributed by atoms with van der Waals surface area (Å²) in [5, 5.41) is 3.06. The highest BCUT2D eigenvalue weighted by molar-refractivity contribution is 5.81. The number of benzene rings is 1. The molecule has 2 rings (SSSR count). The number of esters is 1. The van der Waals surface area contributed by atoms with Gasteiger partial charge >= 0.3 is 5.97 Å². The summed E-state index contributed by atoms with van der Waals surface area (Å²) in [6, 6.07) is 9.55. The first-order valence-electron chi connectivity index (χ1n) is 7.91. The molecule has 1 aromatic carbocycles. The SMILES string of the molecule is C=CCC(C(=O)OCC)c1cc(-c2ccc(NC)cc2N)ccn1. The van der Waals surface area contributed by atoms with Crippen molar-refractivity contribution in [1.82, 2.24) is 4.98 Å². The molecule has 1 heterocycles. The molecule has 3 N–H and O–H groups in total. The van der Waals surface area contributed by atoms with Crippen molar-refractivity contribution in [2.24, 2.45) is 0 Å². The number of nitrogens with two attached hydrogens (primary N) is 1. The maximum atomic E-state index is 12.2. The van der Waals surface area contributed by atoms with E-state index in [1.807, 2.05) is 37.4 Å². The van der Waals surface area contributed by atoms with Crippen molar-refractivity contribution in [3.05, 3.63) is 54.9 Å². The van der Waals surface area contributed by atoms with Crippen molar-refractivity contribution in [1.29, 1.82) is 0 Å². The van der Waals surface area contributed by atoms with Crippen LogP contribution in [0.2, 0.25) is 0 Å². The summed E-state index contributed by atoms with van der Waals surface area (Å²) in [6.07, 6.45) is 3.86. The van der Waals surface area contributed by atoms with Crippen LogP contribution in [-0.2, 0) is 9.53 Å². The number of allylic oxidation sites excluding steroid dienone is 1. The molecule has 1 aromatic heterocycles. The molecule has 0 saturated heterocycles. The second-order valence-corrected chi connectivity index (χ2v) is 5.35. The van der Waals surface area contributed by atoms with Gasteiger partial charge in [0.15, 0.2) is 0 Å². The second-order valence-electron chi connectivity index (χ2n) is 5.35. The van der Waals surface area contributed by atoms with Crippen LogP contribution in [0.4, 0.5) is 11.4 Å². The zero-order valence-corrected chi connectivity index (χ0v) is 14.1. The molecule has 126 valence electrons. The molecule has 24 heavy (non-hydrogen) atoms. The highest BCUT2D eigenvalue weighted by Crippen LogP contribution is 2.30.